The predicted molar refractivity (Wildman–Crippen MR) is 475 cm³/mol. The quantitative estimate of drug-likeness (QED) is 0.128. The van der Waals surface area contributed by atoms with Crippen molar-refractivity contribution >= 4 is 101 Å². The highest BCUT2D eigenvalue weighted by Gasteiger charge is 2.46. The van der Waals surface area contributed by atoms with Gasteiger partial charge >= 0.3 is 0 Å². The minimum Gasteiger partial charge on any atom is -0.456 e. The lowest BCUT2D eigenvalue weighted by Gasteiger charge is -2.45. The Labute approximate surface area is 653 Å². The van der Waals surface area contributed by atoms with Gasteiger partial charge in [-0.3, -0.25) is 0 Å². The van der Waals surface area contributed by atoms with Crippen LogP contribution in [0.3, 0.4) is 0 Å². The average molecular weight is 1430 g/mol. The monoisotopic (exact) mass is 1430 g/mol. The predicted octanol–water partition coefficient (Wildman–Crippen LogP) is 27.6. The van der Waals surface area contributed by atoms with Gasteiger partial charge < -0.3 is 18.8 Å². The Kier molecular flexibility index (Phi) is 16.3. The summed E-state index contributed by atoms with van der Waals surface area (Å²) in [4.78, 5) is 5.36. The van der Waals surface area contributed by atoms with Gasteiger partial charge in [-0.2, -0.15) is 0 Å². The molecule has 2 aliphatic heterocycles. The fraction of sp³-hybridized carbons (Fsp3) is 0.151. The highest BCUT2D eigenvalue weighted by atomic mass is 16.3. The third kappa shape index (κ3) is 12.1. The largest absolute Gasteiger partial charge is 0.456 e. The highest BCUT2D eigenvalue weighted by Crippen LogP contribution is 2.54. The van der Waals surface area contributed by atoms with Crippen molar-refractivity contribution in [2.45, 2.75) is 105 Å². The van der Waals surface area contributed by atoms with Gasteiger partial charge in [0.25, 0.3) is 6.71 Å². The first-order valence-electron chi connectivity index (χ1n) is 39.4. The van der Waals surface area contributed by atoms with Crippen molar-refractivity contribution < 1.29 is 4.42 Å². The third-order valence-electron chi connectivity index (χ3n) is 23.5. The Hall–Kier alpha value is -12.4. The highest BCUT2D eigenvalue weighted by molar-refractivity contribution is 7.00. The molecule has 0 saturated heterocycles. The van der Waals surface area contributed by atoms with Crippen LogP contribution >= 0.6 is 0 Å². The van der Waals surface area contributed by atoms with Crippen LogP contribution in [0.4, 0.5) is 34.1 Å². The molecule has 2 aliphatic rings. The van der Waals surface area contributed by atoms with Gasteiger partial charge in [-0.1, -0.05) is 314 Å². The Morgan fingerprint density at radius 3 is 1.05 bits per heavy atom. The number of nitrogens with zero attached hydrogens (tertiary/aromatic N) is 3. The van der Waals surface area contributed by atoms with Gasteiger partial charge in [-0.05, 0) is 224 Å². The number of aromatic nitrogens is 1. The zero-order chi connectivity index (χ0) is 76.0. The van der Waals surface area contributed by atoms with Crippen LogP contribution in [0, 0.1) is 0 Å². The maximum absolute atomic E-state index is 7.42. The van der Waals surface area contributed by atoms with Crippen LogP contribution in [-0.2, 0) is 21.7 Å². The van der Waals surface area contributed by atoms with Gasteiger partial charge in [-0.25, -0.2) is 0 Å². The van der Waals surface area contributed by atoms with Gasteiger partial charge in [0.15, 0.2) is 0 Å². The van der Waals surface area contributed by atoms with Gasteiger partial charge in [0, 0.05) is 61.1 Å². The topological polar surface area (TPSA) is 24.6 Å². The molecule has 0 spiro atoms. The molecule has 0 N–H and O–H groups in total. The summed E-state index contributed by atoms with van der Waals surface area (Å²) in [6.07, 6.45) is 0. The number of anilines is 6. The first-order valence-corrected chi connectivity index (χ1v) is 39.4. The minimum absolute atomic E-state index is 0.137. The zero-order valence-corrected chi connectivity index (χ0v) is 65.5. The maximum Gasteiger partial charge on any atom is 0.252 e. The van der Waals surface area contributed by atoms with Crippen LogP contribution in [-0.4, -0.2) is 11.3 Å². The van der Waals surface area contributed by atoms with E-state index in [1.54, 1.807) is 0 Å². The van der Waals surface area contributed by atoms with E-state index in [1.807, 2.05) is 0 Å². The Morgan fingerprint density at radius 2 is 0.595 bits per heavy atom. The fourth-order valence-electron chi connectivity index (χ4n) is 17.4. The van der Waals surface area contributed by atoms with E-state index in [1.165, 1.54) is 66.2 Å². The summed E-state index contributed by atoms with van der Waals surface area (Å²) < 4.78 is 9.95. The molecule has 0 fully saturated rings. The standard InChI is InChI=1S/C106H90BN3O/c1-103(2,3)79-53-77(54-80(61-79)104(4,5)6)84-42-28-30-44-92(84)109-96-63-88-86-48-46-71(67-32-18-13-19-33-67)57-94(86)108(83-40-26-17-27-41-83)95(88)65-90(96)107-91-66-101-89(87-49-47-72(60-100(87)111-101)68-34-20-14-21-35-68)64-97(91)110(93-45-31-29-43-85(93)78-55-81(105(7,8)9)62-82(56-78)106(10,11)12)99-59-76(58-98(109)102(99)107)75-51-73(69-36-22-15-23-37-69)50-74(52-75)70-38-24-16-25-39-70/h13-66H,1-12H3. The first kappa shape index (κ1) is 69.1. The van der Waals surface area contributed by atoms with Crippen LogP contribution in [0.15, 0.2) is 332 Å². The molecule has 538 valence electrons. The van der Waals surface area contributed by atoms with Crippen molar-refractivity contribution in [2.24, 2.45) is 0 Å². The molecule has 0 atom stereocenters. The van der Waals surface area contributed by atoms with Crippen molar-refractivity contribution in [3.05, 3.63) is 350 Å². The van der Waals surface area contributed by atoms with Crippen LogP contribution in [0.25, 0.3) is 127 Å². The number of furan rings is 1. The Balaban J connectivity index is 0.996. The molecule has 0 aliphatic carbocycles. The summed E-state index contributed by atoms with van der Waals surface area (Å²) in [7, 11) is 0. The summed E-state index contributed by atoms with van der Waals surface area (Å²) in [5, 5.41) is 4.48. The summed E-state index contributed by atoms with van der Waals surface area (Å²) in [5.74, 6) is 0. The lowest BCUT2D eigenvalue weighted by atomic mass is 9.33. The molecule has 0 unspecified atom stereocenters. The van der Waals surface area contributed by atoms with E-state index in [0.29, 0.717) is 0 Å². The van der Waals surface area contributed by atoms with Crippen LogP contribution in [0.1, 0.15) is 105 Å². The van der Waals surface area contributed by atoms with E-state index in [2.05, 4.69) is 425 Å². The second kappa shape index (κ2) is 26.1. The second-order valence-electron chi connectivity index (χ2n) is 35.0. The number of para-hydroxylation sites is 3. The lowest BCUT2D eigenvalue weighted by molar-refractivity contribution is 0.568. The molecule has 4 heterocycles. The molecule has 0 bridgehead atoms. The second-order valence-corrected chi connectivity index (χ2v) is 35.0. The number of hydrogen-bond acceptors (Lipinski definition) is 3. The molecule has 4 nitrogen and oxygen atoms in total. The maximum atomic E-state index is 7.42. The Morgan fingerprint density at radius 1 is 0.234 bits per heavy atom. The SMILES string of the molecule is CC(C)(C)c1cc(-c2ccccc2N2c3cc4c(cc3B3c5cc6c(cc5N(c5ccccc5-c5cc(C(C)(C)C)cc(C(C)(C)C)c5)c5cc(-c7cc(-c8ccccc8)cc(-c8ccccc8)c7)cc2c53)c2ccc(-c3ccccc3)cc2n6-c2ccccc2)oc2cc(-c3ccccc3)ccc24)cc(C(C)(C)C)c1. The molecule has 17 aromatic rings. The minimum atomic E-state index is -0.339. The summed E-state index contributed by atoms with van der Waals surface area (Å²) in [6, 6.07) is 124. The molecule has 2 aromatic heterocycles. The molecular formula is C106H90BN3O. The van der Waals surface area contributed by atoms with Gasteiger partial charge in [0.05, 0.1) is 22.4 Å². The molecule has 0 radical (unpaired) electrons. The first-order chi connectivity index (χ1) is 53.5. The molecule has 15 aromatic carbocycles. The van der Waals surface area contributed by atoms with E-state index in [9.17, 15) is 0 Å². The smallest absolute Gasteiger partial charge is 0.252 e. The Bertz CT molecular complexity index is 6400. The number of rotatable bonds is 10. The van der Waals surface area contributed by atoms with Crippen LogP contribution in [0.5, 0.6) is 0 Å². The molecular weight excluding hydrogens is 1340 g/mol. The number of fused-ring (bicyclic) bond motifs is 10. The van der Waals surface area contributed by atoms with E-state index in [4.69, 9.17) is 4.42 Å². The molecule has 111 heavy (non-hydrogen) atoms. The normalized spacial score (nSPS) is 13.0. The zero-order valence-electron chi connectivity index (χ0n) is 65.5. The van der Waals surface area contributed by atoms with E-state index in [0.717, 1.165) is 134 Å². The van der Waals surface area contributed by atoms with Gasteiger partial charge in [0.1, 0.15) is 11.2 Å². The molecule has 0 saturated carbocycles. The van der Waals surface area contributed by atoms with Crippen molar-refractivity contribution in [3.8, 4) is 83.6 Å². The lowest BCUT2D eigenvalue weighted by Crippen LogP contribution is -2.61. The van der Waals surface area contributed by atoms with Crippen LogP contribution < -0.4 is 26.2 Å². The molecule has 5 heteroatoms. The van der Waals surface area contributed by atoms with Crippen molar-refractivity contribution in [3.63, 3.8) is 0 Å². The van der Waals surface area contributed by atoms with Gasteiger partial charge in [-0.15, -0.1) is 0 Å². The number of hydrogen-bond donors (Lipinski definition) is 0. The van der Waals surface area contributed by atoms with Crippen molar-refractivity contribution in [1.29, 1.82) is 0 Å². The van der Waals surface area contributed by atoms with Gasteiger partial charge in [0.2, 0.25) is 0 Å². The van der Waals surface area contributed by atoms with E-state index >= 15 is 0 Å². The van der Waals surface area contributed by atoms with E-state index in [-0.39, 0.29) is 28.4 Å². The van der Waals surface area contributed by atoms with Crippen molar-refractivity contribution in [2.75, 3.05) is 9.80 Å². The summed E-state index contributed by atoms with van der Waals surface area (Å²) in [5.41, 5.74) is 36.0. The summed E-state index contributed by atoms with van der Waals surface area (Å²) >= 11 is 0. The molecule has 19 rings (SSSR count). The van der Waals surface area contributed by atoms with Crippen LogP contribution in [0.2, 0.25) is 0 Å². The van der Waals surface area contributed by atoms with Crippen molar-refractivity contribution in [1.82, 2.24) is 4.57 Å². The summed E-state index contributed by atoms with van der Waals surface area (Å²) in [6.45, 7) is 27.9. The third-order valence-corrected chi connectivity index (χ3v) is 23.5. The van der Waals surface area contributed by atoms with E-state index < -0.39 is 0 Å². The fourth-order valence-corrected chi connectivity index (χ4v) is 17.4. The molecule has 0 amide bonds. The average Bonchev–Trinajstić information content (AvgIpc) is 1.65. The number of benzene rings is 15.